The van der Waals surface area contributed by atoms with E-state index in [2.05, 4.69) is 15.6 Å². The van der Waals surface area contributed by atoms with Gasteiger partial charge in [0, 0.05) is 24.7 Å². The number of aromatic nitrogens is 2. The highest BCUT2D eigenvalue weighted by Gasteiger charge is 2.18. The van der Waals surface area contributed by atoms with Crippen LogP contribution in [0.2, 0.25) is 5.02 Å². The Hall–Kier alpha value is -2.74. The lowest BCUT2D eigenvalue weighted by Crippen LogP contribution is -2.21. The average Bonchev–Trinajstić information content (AvgIpc) is 2.66. The predicted octanol–water partition coefficient (Wildman–Crippen LogP) is 2.35. The maximum Gasteiger partial charge on any atom is 0.326 e. The highest BCUT2D eigenvalue weighted by atomic mass is 35.5. The van der Waals surface area contributed by atoms with Crippen molar-refractivity contribution in [1.29, 1.82) is 0 Å². The molecule has 8 nitrogen and oxygen atoms in total. The van der Waals surface area contributed by atoms with Crippen molar-refractivity contribution in [2.75, 3.05) is 10.6 Å². The first kappa shape index (κ1) is 15.6. The van der Waals surface area contributed by atoms with Crippen LogP contribution in [0.3, 0.4) is 0 Å². The van der Waals surface area contributed by atoms with Crippen molar-refractivity contribution in [3.8, 4) is 11.8 Å². The number of urea groups is 1. The number of ether oxygens (including phenoxy) is 1. The molecular formula is C13H13ClN4O4. The molecule has 0 aliphatic heterocycles. The van der Waals surface area contributed by atoms with Gasteiger partial charge in [0.2, 0.25) is 5.95 Å². The lowest BCUT2D eigenvalue weighted by Gasteiger charge is -2.08. The monoisotopic (exact) mass is 324 g/mol. The molecule has 0 unspecified atom stereocenters. The molecule has 0 spiro atoms. The first-order chi connectivity index (χ1) is 10.4. The normalized spacial score (nSPS) is 10.1. The van der Waals surface area contributed by atoms with E-state index in [1.54, 1.807) is 24.3 Å². The van der Waals surface area contributed by atoms with Crippen LogP contribution >= 0.6 is 11.6 Å². The summed E-state index contributed by atoms with van der Waals surface area (Å²) >= 11 is 5.82. The number of halogens is 1. The number of anilines is 2. The SMILES string of the molecule is CC(=O)Oc1c(O)nc(NC(=O)Nc2cccc(Cl)c2)n1C. The van der Waals surface area contributed by atoms with Crippen LogP contribution in [0, 0.1) is 0 Å². The van der Waals surface area contributed by atoms with Gasteiger partial charge in [0.25, 0.3) is 11.8 Å². The van der Waals surface area contributed by atoms with Crippen LogP contribution in [0.1, 0.15) is 6.92 Å². The molecule has 1 heterocycles. The highest BCUT2D eigenvalue weighted by molar-refractivity contribution is 6.30. The van der Waals surface area contributed by atoms with Crippen molar-refractivity contribution >= 4 is 35.2 Å². The van der Waals surface area contributed by atoms with Gasteiger partial charge in [-0.05, 0) is 18.2 Å². The zero-order chi connectivity index (χ0) is 16.3. The third-order valence-corrected chi connectivity index (χ3v) is 2.81. The largest absolute Gasteiger partial charge is 0.489 e. The number of carbonyl (C=O) groups excluding carboxylic acids is 2. The Morgan fingerprint density at radius 1 is 1.36 bits per heavy atom. The fourth-order valence-electron chi connectivity index (χ4n) is 1.66. The van der Waals surface area contributed by atoms with Gasteiger partial charge in [-0.15, -0.1) is 0 Å². The molecule has 1 aromatic carbocycles. The number of aromatic hydroxyl groups is 1. The second-order valence-corrected chi connectivity index (χ2v) is 4.74. The lowest BCUT2D eigenvalue weighted by molar-refractivity contribution is -0.132. The smallest absolute Gasteiger partial charge is 0.326 e. The van der Waals surface area contributed by atoms with Crippen LogP contribution in [0.25, 0.3) is 0 Å². The predicted molar refractivity (Wildman–Crippen MR) is 80.3 cm³/mol. The van der Waals surface area contributed by atoms with E-state index in [0.29, 0.717) is 10.7 Å². The minimum Gasteiger partial charge on any atom is -0.489 e. The number of carbonyl (C=O) groups is 2. The quantitative estimate of drug-likeness (QED) is 0.751. The summed E-state index contributed by atoms with van der Waals surface area (Å²) in [6, 6.07) is 5.99. The van der Waals surface area contributed by atoms with E-state index in [0.717, 1.165) is 0 Å². The maximum atomic E-state index is 11.9. The van der Waals surface area contributed by atoms with E-state index in [-0.39, 0.29) is 11.8 Å². The Kier molecular flexibility index (Phi) is 4.52. The van der Waals surface area contributed by atoms with Gasteiger partial charge in [-0.3, -0.25) is 14.7 Å². The first-order valence-electron chi connectivity index (χ1n) is 6.14. The van der Waals surface area contributed by atoms with Gasteiger partial charge < -0.3 is 15.2 Å². The molecule has 0 fully saturated rings. The zero-order valence-electron chi connectivity index (χ0n) is 11.8. The molecule has 1 aromatic heterocycles. The van der Waals surface area contributed by atoms with E-state index in [1.165, 1.54) is 18.5 Å². The zero-order valence-corrected chi connectivity index (χ0v) is 12.5. The van der Waals surface area contributed by atoms with E-state index in [4.69, 9.17) is 16.3 Å². The van der Waals surface area contributed by atoms with Gasteiger partial charge in [0.1, 0.15) is 0 Å². The van der Waals surface area contributed by atoms with Crippen molar-refractivity contribution in [3.63, 3.8) is 0 Å². The number of hydrogen-bond acceptors (Lipinski definition) is 5. The summed E-state index contributed by atoms with van der Waals surface area (Å²) in [5, 5.41) is 15.0. The van der Waals surface area contributed by atoms with Crippen LogP contribution in [0.4, 0.5) is 16.4 Å². The summed E-state index contributed by atoms with van der Waals surface area (Å²) in [6.45, 7) is 1.19. The Bertz CT molecular complexity index is 729. The van der Waals surface area contributed by atoms with Crippen molar-refractivity contribution in [3.05, 3.63) is 29.3 Å². The van der Waals surface area contributed by atoms with Gasteiger partial charge in [-0.2, -0.15) is 4.98 Å². The third kappa shape index (κ3) is 3.67. The summed E-state index contributed by atoms with van der Waals surface area (Å²) < 4.78 is 6.02. The summed E-state index contributed by atoms with van der Waals surface area (Å²) in [6.07, 6.45) is 0. The molecule has 0 aliphatic rings. The summed E-state index contributed by atoms with van der Waals surface area (Å²) in [5.41, 5.74) is 0.489. The number of rotatable bonds is 3. The molecule has 3 N–H and O–H groups in total. The van der Waals surface area contributed by atoms with Crippen LogP contribution in [0.15, 0.2) is 24.3 Å². The summed E-state index contributed by atoms with van der Waals surface area (Å²) in [4.78, 5) is 26.5. The Morgan fingerprint density at radius 2 is 2.09 bits per heavy atom. The van der Waals surface area contributed by atoms with Crippen molar-refractivity contribution < 1.29 is 19.4 Å². The molecule has 0 radical (unpaired) electrons. The standard InChI is InChI=1S/C13H13ClN4O4/c1-7(19)22-11-10(20)16-12(18(11)2)17-13(21)15-9-5-3-4-8(14)6-9/h3-6,20H,1-2H3,(H2,15,16,17,21). The molecule has 0 atom stereocenters. The molecule has 0 aliphatic carbocycles. The number of esters is 1. The van der Waals surface area contributed by atoms with Crippen LogP contribution < -0.4 is 15.4 Å². The van der Waals surface area contributed by atoms with Crippen LogP contribution in [-0.2, 0) is 11.8 Å². The van der Waals surface area contributed by atoms with Crippen molar-refractivity contribution in [1.82, 2.24) is 9.55 Å². The second-order valence-electron chi connectivity index (χ2n) is 4.31. The average molecular weight is 325 g/mol. The number of nitrogens with one attached hydrogen (secondary N) is 2. The van der Waals surface area contributed by atoms with Crippen molar-refractivity contribution in [2.24, 2.45) is 7.05 Å². The molecule has 0 bridgehead atoms. The number of imidazole rings is 1. The third-order valence-electron chi connectivity index (χ3n) is 2.57. The van der Waals surface area contributed by atoms with E-state index in [9.17, 15) is 14.7 Å². The lowest BCUT2D eigenvalue weighted by atomic mass is 10.3. The van der Waals surface area contributed by atoms with E-state index < -0.39 is 17.9 Å². The topological polar surface area (TPSA) is 105 Å². The fraction of sp³-hybridized carbons (Fsp3) is 0.154. The summed E-state index contributed by atoms with van der Waals surface area (Å²) in [5.74, 6) is -1.28. The van der Waals surface area contributed by atoms with E-state index >= 15 is 0 Å². The minimum atomic E-state index is -0.617. The minimum absolute atomic E-state index is 0.00766. The van der Waals surface area contributed by atoms with Gasteiger partial charge in [0.15, 0.2) is 0 Å². The molecule has 2 amide bonds. The molecule has 2 rings (SSSR count). The first-order valence-corrected chi connectivity index (χ1v) is 6.52. The molecule has 22 heavy (non-hydrogen) atoms. The van der Waals surface area contributed by atoms with Gasteiger partial charge in [-0.25, -0.2) is 4.79 Å². The van der Waals surface area contributed by atoms with Gasteiger partial charge in [-0.1, -0.05) is 17.7 Å². The summed E-state index contributed by atoms with van der Waals surface area (Å²) in [7, 11) is 1.47. The molecule has 0 saturated heterocycles. The number of benzene rings is 1. The van der Waals surface area contributed by atoms with Crippen LogP contribution in [-0.4, -0.2) is 26.7 Å². The number of amides is 2. The van der Waals surface area contributed by atoms with E-state index in [1.807, 2.05) is 0 Å². The highest BCUT2D eigenvalue weighted by Crippen LogP contribution is 2.28. The molecule has 9 heteroatoms. The van der Waals surface area contributed by atoms with Gasteiger partial charge >= 0.3 is 12.0 Å². The number of nitrogens with zero attached hydrogens (tertiary/aromatic N) is 2. The second kappa shape index (κ2) is 6.35. The number of hydrogen-bond donors (Lipinski definition) is 3. The van der Waals surface area contributed by atoms with Crippen molar-refractivity contribution in [2.45, 2.75) is 6.92 Å². The Balaban J connectivity index is 2.10. The Labute approximate surface area is 130 Å². The Morgan fingerprint density at radius 3 is 2.73 bits per heavy atom. The van der Waals surface area contributed by atoms with Crippen LogP contribution in [0.5, 0.6) is 11.8 Å². The van der Waals surface area contributed by atoms with Gasteiger partial charge in [0.05, 0.1) is 0 Å². The maximum absolute atomic E-state index is 11.9. The molecular weight excluding hydrogens is 312 g/mol. The molecule has 0 saturated carbocycles. The molecule has 2 aromatic rings. The fourth-order valence-corrected chi connectivity index (χ4v) is 1.85. The molecule has 116 valence electrons.